The summed E-state index contributed by atoms with van der Waals surface area (Å²) >= 11 is 0. The summed E-state index contributed by atoms with van der Waals surface area (Å²) < 4.78 is 59.9. The van der Waals surface area contributed by atoms with Crippen molar-refractivity contribution >= 4 is 23.2 Å². The van der Waals surface area contributed by atoms with Crippen molar-refractivity contribution in [3.8, 4) is 11.4 Å². The van der Waals surface area contributed by atoms with Crippen LogP contribution in [0.3, 0.4) is 0 Å². The van der Waals surface area contributed by atoms with E-state index in [0.29, 0.717) is 10.4 Å². The van der Waals surface area contributed by atoms with Crippen LogP contribution in [0.5, 0.6) is 5.75 Å². The molecule has 2 N–H and O–H groups in total. The smallest absolute Gasteiger partial charge is 0.435 e. The lowest BCUT2D eigenvalue weighted by Gasteiger charge is -2.18. The molecule has 1 aromatic heterocycles. The molecule has 1 aliphatic rings. The van der Waals surface area contributed by atoms with E-state index in [1.54, 1.807) is 0 Å². The number of hydrogen-bond acceptors (Lipinski definition) is 5. The number of nitrogens with zero attached hydrogens (tertiary/aromatic N) is 3. The number of halogens is 4. The quantitative estimate of drug-likeness (QED) is 0.634. The van der Waals surface area contributed by atoms with Crippen molar-refractivity contribution in [2.45, 2.75) is 6.18 Å². The Morgan fingerprint density at radius 1 is 1.20 bits per heavy atom. The third-order valence-corrected chi connectivity index (χ3v) is 4.08. The second-order valence-electron chi connectivity index (χ2n) is 6.18. The van der Waals surface area contributed by atoms with Crippen LogP contribution < -0.4 is 15.4 Å². The van der Waals surface area contributed by atoms with Crippen molar-refractivity contribution in [2.24, 2.45) is 0 Å². The highest BCUT2D eigenvalue weighted by Gasteiger charge is 2.42. The summed E-state index contributed by atoms with van der Waals surface area (Å²) in [4.78, 5) is 23.9. The highest BCUT2D eigenvalue weighted by atomic mass is 19.4. The number of nitrogens with one attached hydrogen (secondary N) is 2. The number of anilines is 2. The summed E-state index contributed by atoms with van der Waals surface area (Å²) in [5, 5.41) is 11.5. The lowest BCUT2D eigenvalue weighted by Crippen LogP contribution is -2.25. The van der Waals surface area contributed by atoms with E-state index in [-0.39, 0.29) is 23.7 Å². The molecule has 0 spiro atoms. The van der Waals surface area contributed by atoms with E-state index in [4.69, 9.17) is 4.74 Å². The van der Waals surface area contributed by atoms with Crippen LogP contribution in [0, 0.1) is 5.82 Å². The van der Waals surface area contributed by atoms with Crippen LogP contribution in [0.4, 0.5) is 28.9 Å². The first-order chi connectivity index (χ1) is 14.2. The van der Waals surface area contributed by atoms with Crippen LogP contribution in [-0.2, 0) is 11.0 Å². The second-order valence-corrected chi connectivity index (χ2v) is 6.18. The molecule has 2 heterocycles. The van der Waals surface area contributed by atoms with E-state index >= 15 is 0 Å². The lowest BCUT2D eigenvalue weighted by atomic mass is 10.2. The molecule has 2 amide bonds. The van der Waals surface area contributed by atoms with Gasteiger partial charge in [-0.25, -0.2) is 9.07 Å². The molecule has 0 radical (unpaired) electrons. The van der Waals surface area contributed by atoms with Crippen LogP contribution in [0.1, 0.15) is 16.2 Å². The Balaban J connectivity index is 1.68. The Hall–Kier alpha value is -3.96. The van der Waals surface area contributed by atoms with Gasteiger partial charge in [0.2, 0.25) is 0 Å². The minimum absolute atomic E-state index is 0.0954. The largest absolute Gasteiger partial charge is 0.482 e. The van der Waals surface area contributed by atoms with Gasteiger partial charge in [0.15, 0.2) is 18.0 Å². The fourth-order valence-corrected chi connectivity index (χ4v) is 2.83. The number of aromatic nitrogens is 3. The van der Waals surface area contributed by atoms with Crippen molar-refractivity contribution in [3.63, 3.8) is 0 Å². The second kappa shape index (κ2) is 7.13. The van der Waals surface area contributed by atoms with Crippen molar-refractivity contribution < 1.29 is 31.9 Å². The monoisotopic (exact) mass is 421 g/mol. The van der Waals surface area contributed by atoms with Gasteiger partial charge in [0.25, 0.3) is 11.8 Å². The Bertz CT molecular complexity index is 1160. The lowest BCUT2D eigenvalue weighted by molar-refractivity contribution is -0.143. The maximum absolute atomic E-state index is 13.7. The standard InChI is InChI=1S/C18H11F4N5O3/c19-9-2-1-3-11(6-9)27-16(18(20,21)22)15(25-26-27)17(29)23-10-4-5-13-12(7-10)24-14(28)8-30-13/h1-7H,8H2,(H,23,29)(H,24,28). The number of alkyl halides is 3. The van der Waals surface area contributed by atoms with Crippen molar-refractivity contribution in [1.82, 2.24) is 15.0 Å². The summed E-state index contributed by atoms with van der Waals surface area (Å²) in [6.07, 6.45) is -5.00. The van der Waals surface area contributed by atoms with E-state index in [0.717, 1.165) is 12.1 Å². The highest BCUT2D eigenvalue weighted by Crippen LogP contribution is 2.34. The normalized spacial score (nSPS) is 13.3. The number of amides is 2. The SMILES string of the molecule is O=C1COc2ccc(NC(=O)c3nnn(-c4cccc(F)c4)c3C(F)(F)F)cc2N1. The van der Waals surface area contributed by atoms with Crippen LogP contribution >= 0.6 is 0 Å². The zero-order chi connectivity index (χ0) is 21.5. The van der Waals surface area contributed by atoms with Gasteiger partial charge in [0.05, 0.1) is 11.4 Å². The van der Waals surface area contributed by atoms with Crippen LogP contribution in [0.15, 0.2) is 42.5 Å². The van der Waals surface area contributed by atoms with Gasteiger partial charge in [-0.1, -0.05) is 11.3 Å². The third kappa shape index (κ3) is 3.66. The van der Waals surface area contributed by atoms with E-state index in [2.05, 4.69) is 20.9 Å². The van der Waals surface area contributed by atoms with Crippen LogP contribution in [0.2, 0.25) is 0 Å². The molecule has 0 unspecified atom stereocenters. The molecule has 1 aliphatic heterocycles. The molecule has 154 valence electrons. The molecule has 8 nitrogen and oxygen atoms in total. The zero-order valence-electron chi connectivity index (χ0n) is 14.8. The highest BCUT2D eigenvalue weighted by molar-refractivity contribution is 6.04. The van der Waals surface area contributed by atoms with Gasteiger partial charge < -0.3 is 15.4 Å². The molecule has 3 aromatic rings. The summed E-state index contributed by atoms with van der Waals surface area (Å²) in [6.45, 7) is -0.170. The van der Waals surface area contributed by atoms with E-state index < -0.39 is 35.2 Å². The fraction of sp³-hybridized carbons (Fsp3) is 0.111. The minimum Gasteiger partial charge on any atom is -0.482 e. The van der Waals surface area contributed by atoms with Gasteiger partial charge in [0, 0.05) is 5.69 Å². The number of carbonyl (C=O) groups excluding carboxylic acids is 2. The molecular formula is C18H11F4N5O3. The summed E-state index contributed by atoms with van der Waals surface area (Å²) in [5.41, 5.74) is -2.35. The van der Waals surface area contributed by atoms with Crippen molar-refractivity contribution in [3.05, 3.63) is 59.7 Å². The first kappa shape index (κ1) is 19.4. The Kier molecular flexibility index (Phi) is 4.60. The van der Waals surface area contributed by atoms with Gasteiger partial charge in [-0.3, -0.25) is 9.59 Å². The predicted molar refractivity (Wildman–Crippen MR) is 94.8 cm³/mol. The maximum atomic E-state index is 13.7. The molecule has 0 saturated heterocycles. The molecule has 4 rings (SSSR count). The topological polar surface area (TPSA) is 98.1 Å². The Labute approximate surface area is 165 Å². The minimum atomic E-state index is -5.00. The number of rotatable bonds is 3. The average molecular weight is 421 g/mol. The van der Waals surface area contributed by atoms with Crippen molar-refractivity contribution in [1.29, 1.82) is 0 Å². The fourth-order valence-electron chi connectivity index (χ4n) is 2.83. The van der Waals surface area contributed by atoms with Gasteiger partial charge in [0.1, 0.15) is 11.6 Å². The number of benzene rings is 2. The Morgan fingerprint density at radius 2 is 2.00 bits per heavy atom. The molecule has 0 saturated carbocycles. The summed E-state index contributed by atoms with van der Waals surface area (Å²) in [5.74, 6) is -2.03. The van der Waals surface area contributed by atoms with Crippen LogP contribution in [-0.4, -0.2) is 33.4 Å². The molecule has 0 bridgehead atoms. The van der Waals surface area contributed by atoms with E-state index in [1.165, 1.54) is 30.3 Å². The number of carbonyl (C=O) groups is 2. The molecular weight excluding hydrogens is 410 g/mol. The predicted octanol–water partition coefficient (Wildman–Crippen LogP) is 3.01. The first-order valence-electron chi connectivity index (χ1n) is 8.39. The molecule has 2 aromatic carbocycles. The molecule has 0 atom stereocenters. The van der Waals surface area contributed by atoms with E-state index in [9.17, 15) is 27.2 Å². The van der Waals surface area contributed by atoms with Gasteiger partial charge in [-0.2, -0.15) is 13.2 Å². The van der Waals surface area contributed by atoms with Gasteiger partial charge in [-0.15, -0.1) is 5.10 Å². The number of fused-ring (bicyclic) bond motifs is 1. The maximum Gasteiger partial charge on any atom is 0.435 e. The number of hydrogen-bond donors (Lipinski definition) is 2. The average Bonchev–Trinajstić information content (AvgIpc) is 3.13. The van der Waals surface area contributed by atoms with Crippen molar-refractivity contribution in [2.75, 3.05) is 17.2 Å². The zero-order valence-corrected chi connectivity index (χ0v) is 14.8. The first-order valence-corrected chi connectivity index (χ1v) is 8.39. The van der Waals surface area contributed by atoms with Crippen LogP contribution in [0.25, 0.3) is 5.69 Å². The van der Waals surface area contributed by atoms with Gasteiger partial charge >= 0.3 is 6.18 Å². The summed E-state index contributed by atoms with van der Waals surface area (Å²) in [7, 11) is 0. The molecule has 12 heteroatoms. The Morgan fingerprint density at radius 3 is 2.73 bits per heavy atom. The summed E-state index contributed by atoms with van der Waals surface area (Å²) in [6, 6.07) is 8.44. The van der Waals surface area contributed by atoms with E-state index in [1.807, 2.05) is 0 Å². The third-order valence-electron chi connectivity index (χ3n) is 4.08. The molecule has 0 aliphatic carbocycles. The molecule has 30 heavy (non-hydrogen) atoms. The molecule has 0 fully saturated rings. The number of ether oxygens (including phenoxy) is 1. The van der Waals surface area contributed by atoms with Gasteiger partial charge in [-0.05, 0) is 36.4 Å².